The van der Waals surface area contributed by atoms with E-state index in [9.17, 15) is 9.13 Å². The second-order valence-corrected chi connectivity index (χ2v) is 14.2. The van der Waals surface area contributed by atoms with Crippen molar-refractivity contribution in [3.8, 4) is 11.8 Å². The number of hydrogen-bond acceptors (Lipinski definition) is 13. The lowest BCUT2D eigenvalue weighted by Crippen LogP contribution is -2.21. The van der Waals surface area contributed by atoms with E-state index in [0.29, 0.717) is 16.9 Å². The van der Waals surface area contributed by atoms with E-state index in [1.165, 1.54) is 11.8 Å². The van der Waals surface area contributed by atoms with Crippen LogP contribution in [0.2, 0.25) is 0 Å². The van der Waals surface area contributed by atoms with E-state index in [1.54, 1.807) is 68.4 Å². The first-order valence-corrected chi connectivity index (χ1v) is 17.6. The van der Waals surface area contributed by atoms with Gasteiger partial charge in [0.15, 0.2) is 5.16 Å². The van der Waals surface area contributed by atoms with Gasteiger partial charge in [0.05, 0.1) is 43.2 Å². The second kappa shape index (κ2) is 17.9. The predicted molar refractivity (Wildman–Crippen MR) is 151 cm³/mol. The standard InChI is InChI=1S/C24H46N2O10P2S/c1-17(2)33-37(27,34-18(3)4)15-29-11-12-30-22-13-23(26-24(25-22)39-10)31-14-21(9)32-16-38(28,35-19(5)6)36-20(7)8/h13,17-21H,11-12,14-16H2,1-10H3/t21-/m1/s1. The van der Waals surface area contributed by atoms with Gasteiger partial charge in [0.1, 0.15) is 25.9 Å². The smallest absolute Gasteiger partial charge is 0.356 e. The third-order valence-electron chi connectivity index (χ3n) is 4.04. The molecule has 1 atom stereocenters. The van der Waals surface area contributed by atoms with Crippen LogP contribution < -0.4 is 9.47 Å². The molecule has 15 heteroatoms. The Morgan fingerprint density at radius 2 is 1.18 bits per heavy atom. The van der Waals surface area contributed by atoms with Gasteiger partial charge in [0.25, 0.3) is 0 Å². The molecule has 228 valence electrons. The highest BCUT2D eigenvalue weighted by Crippen LogP contribution is 2.51. The highest BCUT2D eigenvalue weighted by molar-refractivity contribution is 7.98. The van der Waals surface area contributed by atoms with Crippen molar-refractivity contribution in [1.82, 2.24) is 9.97 Å². The zero-order chi connectivity index (χ0) is 29.6. The molecule has 0 aliphatic carbocycles. The van der Waals surface area contributed by atoms with E-state index < -0.39 is 21.3 Å². The van der Waals surface area contributed by atoms with Crippen LogP contribution >= 0.6 is 27.0 Å². The zero-order valence-corrected chi connectivity index (χ0v) is 27.4. The normalized spacial score (nSPS) is 13.6. The molecule has 0 N–H and O–H groups in total. The van der Waals surface area contributed by atoms with Crippen molar-refractivity contribution in [1.29, 1.82) is 0 Å². The van der Waals surface area contributed by atoms with Crippen LogP contribution in [0.15, 0.2) is 11.2 Å². The van der Waals surface area contributed by atoms with Crippen molar-refractivity contribution in [3.05, 3.63) is 6.07 Å². The molecule has 0 fully saturated rings. The molecule has 0 radical (unpaired) electrons. The zero-order valence-electron chi connectivity index (χ0n) is 24.8. The largest absolute Gasteiger partial charge is 0.475 e. The van der Waals surface area contributed by atoms with Crippen LogP contribution in [0, 0.1) is 0 Å². The lowest BCUT2D eigenvalue weighted by atomic mass is 10.4. The number of rotatable bonds is 21. The molecule has 0 saturated carbocycles. The Hall–Kier alpha value is -0.750. The fraction of sp³-hybridized carbons (Fsp3) is 0.833. The summed E-state index contributed by atoms with van der Waals surface area (Å²) in [5.74, 6) is 0.586. The third-order valence-corrected chi connectivity index (χ3v) is 8.52. The minimum atomic E-state index is -3.42. The predicted octanol–water partition coefficient (Wildman–Crippen LogP) is 6.38. The van der Waals surface area contributed by atoms with Gasteiger partial charge in [-0.15, -0.1) is 0 Å². The number of hydrogen-bond donors (Lipinski definition) is 0. The summed E-state index contributed by atoms with van der Waals surface area (Å²) in [6.07, 6.45) is -0.0462. The van der Waals surface area contributed by atoms with Crippen LogP contribution in [0.5, 0.6) is 11.8 Å². The topological polar surface area (TPSA) is 134 Å². The van der Waals surface area contributed by atoms with E-state index in [0.717, 1.165) is 0 Å². The molecule has 12 nitrogen and oxygen atoms in total. The maximum Gasteiger partial charge on any atom is 0.356 e. The lowest BCUT2D eigenvalue weighted by Gasteiger charge is -2.24. The van der Waals surface area contributed by atoms with Crippen LogP contribution in [0.25, 0.3) is 0 Å². The Balaban J connectivity index is 2.63. The molecule has 1 rings (SSSR count). The molecule has 0 aliphatic heterocycles. The van der Waals surface area contributed by atoms with Crippen molar-refractivity contribution < 1.29 is 46.2 Å². The molecule has 1 aromatic rings. The Morgan fingerprint density at radius 3 is 1.64 bits per heavy atom. The average molecular weight is 617 g/mol. The molecule has 39 heavy (non-hydrogen) atoms. The lowest BCUT2D eigenvalue weighted by molar-refractivity contribution is 0.0354. The molecule has 1 aromatic heterocycles. The van der Waals surface area contributed by atoms with Crippen LogP contribution in [0.1, 0.15) is 62.3 Å². The quantitative estimate of drug-likeness (QED) is 0.0655. The van der Waals surface area contributed by atoms with Gasteiger partial charge in [0.2, 0.25) is 11.8 Å². The maximum atomic E-state index is 12.9. The molecule has 0 amide bonds. The first-order valence-electron chi connectivity index (χ1n) is 12.9. The van der Waals surface area contributed by atoms with Crippen molar-refractivity contribution in [2.24, 2.45) is 0 Å². The van der Waals surface area contributed by atoms with Gasteiger partial charge >= 0.3 is 15.2 Å². The minimum Gasteiger partial charge on any atom is -0.475 e. The Labute approximate surface area is 237 Å². The summed E-state index contributed by atoms with van der Waals surface area (Å²) < 4.78 is 70.4. The number of nitrogens with zero attached hydrogens (tertiary/aromatic N) is 2. The summed E-state index contributed by atoms with van der Waals surface area (Å²) in [6, 6.07) is 1.55. The van der Waals surface area contributed by atoms with E-state index in [-0.39, 0.29) is 56.9 Å². The van der Waals surface area contributed by atoms with Crippen molar-refractivity contribution in [2.75, 3.05) is 38.8 Å². The SMILES string of the molecule is CSc1nc(OCCOCP(=O)(OC(C)C)OC(C)C)cc(OC[C@@H](C)OCP(=O)(OC(C)C)OC(C)C)n1. The van der Waals surface area contributed by atoms with Gasteiger partial charge in [-0.05, 0) is 68.6 Å². The fourth-order valence-corrected chi connectivity index (χ4v) is 6.99. The fourth-order valence-electron chi connectivity index (χ4n) is 2.93. The maximum absolute atomic E-state index is 12.9. The first kappa shape index (κ1) is 36.3. The summed E-state index contributed by atoms with van der Waals surface area (Å²) in [6.45, 7) is 16.5. The molecular weight excluding hydrogens is 570 g/mol. The summed E-state index contributed by atoms with van der Waals surface area (Å²) in [5.41, 5.74) is 0. The molecule has 0 unspecified atom stereocenters. The summed E-state index contributed by atoms with van der Waals surface area (Å²) in [4.78, 5) is 8.65. The van der Waals surface area contributed by atoms with Crippen LogP contribution in [-0.4, -0.2) is 79.3 Å². The number of aromatic nitrogens is 2. The van der Waals surface area contributed by atoms with Crippen molar-refractivity contribution >= 4 is 27.0 Å². The van der Waals surface area contributed by atoms with Gasteiger partial charge < -0.3 is 37.0 Å². The summed E-state index contributed by atoms with van der Waals surface area (Å²) >= 11 is 1.33. The summed E-state index contributed by atoms with van der Waals surface area (Å²) in [5, 5.41) is 0.456. The second-order valence-electron chi connectivity index (χ2n) is 9.67. The van der Waals surface area contributed by atoms with Crippen molar-refractivity contribution in [3.63, 3.8) is 0 Å². The monoisotopic (exact) mass is 616 g/mol. The van der Waals surface area contributed by atoms with Gasteiger partial charge in [-0.3, -0.25) is 9.13 Å². The Kier molecular flexibility index (Phi) is 16.7. The van der Waals surface area contributed by atoms with Gasteiger partial charge in [-0.2, -0.15) is 9.97 Å². The molecule has 0 aromatic carbocycles. The van der Waals surface area contributed by atoms with E-state index >= 15 is 0 Å². The van der Waals surface area contributed by atoms with E-state index in [4.69, 9.17) is 37.0 Å². The Bertz CT molecular complexity index is 908. The minimum absolute atomic E-state index is 0.137. The molecule has 0 aliphatic rings. The third kappa shape index (κ3) is 16.3. The van der Waals surface area contributed by atoms with Gasteiger partial charge in [-0.25, -0.2) is 0 Å². The van der Waals surface area contributed by atoms with E-state index in [2.05, 4.69) is 9.97 Å². The molecule has 0 bridgehead atoms. The average Bonchev–Trinajstić information content (AvgIpc) is 2.79. The molecule has 1 heterocycles. The van der Waals surface area contributed by atoms with Crippen LogP contribution in [-0.2, 0) is 36.7 Å². The van der Waals surface area contributed by atoms with Crippen molar-refractivity contribution in [2.45, 2.75) is 98.0 Å². The van der Waals surface area contributed by atoms with E-state index in [1.807, 2.05) is 6.26 Å². The van der Waals surface area contributed by atoms with Crippen LogP contribution in [0.4, 0.5) is 0 Å². The summed E-state index contributed by atoms with van der Waals surface area (Å²) in [7, 11) is -6.80. The number of ether oxygens (including phenoxy) is 4. The van der Waals surface area contributed by atoms with Crippen LogP contribution in [0.3, 0.4) is 0 Å². The van der Waals surface area contributed by atoms with Gasteiger partial charge in [-0.1, -0.05) is 11.8 Å². The highest BCUT2D eigenvalue weighted by atomic mass is 32.2. The Morgan fingerprint density at radius 1 is 0.718 bits per heavy atom. The first-order chi connectivity index (χ1) is 18.1. The number of thioether (sulfide) groups is 1. The molecule has 0 spiro atoms. The molecular formula is C24H46N2O10P2S. The highest BCUT2D eigenvalue weighted by Gasteiger charge is 2.30. The molecule has 0 saturated heterocycles. The van der Waals surface area contributed by atoms with Gasteiger partial charge in [0, 0.05) is 0 Å².